The number of carbonyl (C=O) groups excluding carboxylic acids is 2. The Bertz CT molecular complexity index is 1210. The number of anilines is 1. The number of aromatic nitrogens is 1. The Balaban J connectivity index is 1.33. The fourth-order valence-corrected chi connectivity index (χ4v) is 3.83. The molecule has 7 heteroatoms. The summed E-state index contributed by atoms with van der Waals surface area (Å²) in [6.07, 6.45) is 0.162. The van der Waals surface area contributed by atoms with E-state index in [2.05, 4.69) is 10.3 Å². The zero-order valence-electron chi connectivity index (χ0n) is 16.6. The van der Waals surface area contributed by atoms with Crippen LogP contribution < -0.4 is 5.32 Å². The van der Waals surface area contributed by atoms with Crippen molar-refractivity contribution in [1.82, 2.24) is 4.98 Å². The second-order valence-electron chi connectivity index (χ2n) is 6.95. The lowest BCUT2D eigenvalue weighted by Gasteiger charge is -2.04. The smallest absolute Gasteiger partial charge is 0.374 e. The maximum absolute atomic E-state index is 12.4. The largest absolute Gasteiger partial charge is 0.453 e. The molecule has 152 valence electrons. The predicted octanol–water partition coefficient (Wildman–Crippen LogP) is 5.04. The van der Waals surface area contributed by atoms with Crippen LogP contribution in [-0.4, -0.2) is 16.9 Å². The summed E-state index contributed by atoms with van der Waals surface area (Å²) < 4.78 is 11.0. The Morgan fingerprint density at radius 1 is 1.10 bits per heavy atom. The molecule has 2 heterocycles. The molecule has 1 N–H and O–H groups in total. The highest BCUT2D eigenvalue weighted by molar-refractivity contribution is 7.09. The summed E-state index contributed by atoms with van der Waals surface area (Å²) >= 11 is 1.36. The molecule has 0 unspecified atom stereocenters. The van der Waals surface area contributed by atoms with Gasteiger partial charge in [-0.2, -0.15) is 0 Å². The highest BCUT2D eigenvalue weighted by Gasteiger charge is 2.19. The molecule has 1 amide bonds. The van der Waals surface area contributed by atoms with Crippen molar-refractivity contribution in [3.63, 3.8) is 0 Å². The Morgan fingerprint density at radius 2 is 1.87 bits per heavy atom. The normalized spacial score (nSPS) is 10.9. The minimum absolute atomic E-state index is 0.0192. The predicted molar refractivity (Wildman–Crippen MR) is 116 cm³/mol. The second kappa shape index (κ2) is 8.51. The van der Waals surface area contributed by atoms with Crippen LogP contribution >= 0.6 is 11.3 Å². The van der Waals surface area contributed by atoms with Crippen molar-refractivity contribution in [2.45, 2.75) is 26.9 Å². The zero-order valence-corrected chi connectivity index (χ0v) is 17.4. The van der Waals surface area contributed by atoms with Gasteiger partial charge in [0.2, 0.25) is 11.7 Å². The molecular formula is C23H20N2O4S. The molecule has 0 aliphatic rings. The maximum Gasteiger partial charge on any atom is 0.374 e. The molecule has 0 saturated carbocycles. The van der Waals surface area contributed by atoms with E-state index in [0.29, 0.717) is 16.3 Å². The van der Waals surface area contributed by atoms with E-state index in [9.17, 15) is 9.59 Å². The van der Waals surface area contributed by atoms with Crippen molar-refractivity contribution in [2.75, 3.05) is 5.32 Å². The van der Waals surface area contributed by atoms with Crippen LogP contribution in [0.15, 0.2) is 58.3 Å². The second-order valence-corrected chi connectivity index (χ2v) is 7.89. The van der Waals surface area contributed by atoms with Gasteiger partial charge in [0, 0.05) is 22.0 Å². The number of carbonyl (C=O) groups is 2. The van der Waals surface area contributed by atoms with Gasteiger partial charge in [0.1, 0.15) is 17.2 Å². The number of hydrogen-bond acceptors (Lipinski definition) is 6. The molecule has 2 aromatic heterocycles. The van der Waals surface area contributed by atoms with Crippen LogP contribution in [0.3, 0.4) is 0 Å². The molecule has 30 heavy (non-hydrogen) atoms. The van der Waals surface area contributed by atoms with Gasteiger partial charge >= 0.3 is 5.97 Å². The lowest BCUT2D eigenvalue weighted by atomic mass is 10.1. The van der Waals surface area contributed by atoms with Crippen molar-refractivity contribution < 1.29 is 18.7 Å². The lowest BCUT2D eigenvalue weighted by molar-refractivity contribution is -0.115. The molecule has 0 aliphatic heterocycles. The Morgan fingerprint density at radius 3 is 2.63 bits per heavy atom. The molecule has 0 fully saturated rings. The standard InChI is InChI=1S/C23H20N2O4S/c1-14-7-9-16(10-8-14)24-20(26)11-21-25-17(13-30-21)12-28-23(27)22-15(2)18-5-3-4-6-19(18)29-22/h3-10,13H,11-12H2,1-2H3,(H,24,26). The highest BCUT2D eigenvalue weighted by Crippen LogP contribution is 2.25. The van der Waals surface area contributed by atoms with Gasteiger partial charge in [0.05, 0.1) is 12.1 Å². The highest BCUT2D eigenvalue weighted by atomic mass is 32.1. The summed E-state index contributed by atoms with van der Waals surface area (Å²) in [5, 5.41) is 6.18. The minimum atomic E-state index is -0.532. The van der Waals surface area contributed by atoms with E-state index in [0.717, 1.165) is 22.2 Å². The minimum Gasteiger partial charge on any atom is -0.453 e. The van der Waals surface area contributed by atoms with E-state index in [1.807, 2.05) is 62.4 Å². The zero-order chi connectivity index (χ0) is 21.1. The summed E-state index contributed by atoms with van der Waals surface area (Å²) in [7, 11) is 0. The van der Waals surface area contributed by atoms with Crippen LogP contribution in [0.5, 0.6) is 0 Å². The van der Waals surface area contributed by atoms with Gasteiger partial charge < -0.3 is 14.5 Å². The average Bonchev–Trinajstić information content (AvgIpc) is 3.32. The first-order valence-electron chi connectivity index (χ1n) is 9.44. The van der Waals surface area contributed by atoms with Crippen molar-refractivity contribution in [2.24, 2.45) is 0 Å². The number of hydrogen-bond donors (Lipinski definition) is 1. The summed E-state index contributed by atoms with van der Waals surface area (Å²) in [6.45, 7) is 3.84. The van der Waals surface area contributed by atoms with E-state index in [1.54, 1.807) is 5.38 Å². The van der Waals surface area contributed by atoms with Gasteiger partial charge in [-0.25, -0.2) is 9.78 Å². The van der Waals surface area contributed by atoms with Crippen LogP contribution in [0.4, 0.5) is 5.69 Å². The number of amides is 1. The number of nitrogens with one attached hydrogen (secondary N) is 1. The third kappa shape index (κ3) is 4.41. The van der Waals surface area contributed by atoms with E-state index in [1.165, 1.54) is 11.3 Å². The van der Waals surface area contributed by atoms with Crippen LogP contribution in [0.25, 0.3) is 11.0 Å². The maximum atomic E-state index is 12.4. The summed E-state index contributed by atoms with van der Waals surface area (Å²) in [4.78, 5) is 29.0. The van der Waals surface area contributed by atoms with Crippen molar-refractivity contribution in [3.8, 4) is 0 Å². The van der Waals surface area contributed by atoms with Crippen LogP contribution in [0.2, 0.25) is 0 Å². The molecule has 0 atom stereocenters. The molecule has 2 aromatic carbocycles. The molecule has 4 rings (SSSR count). The quantitative estimate of drug-likeness (QED) is 0.442. The number of nitrogens with zero attached hydrogens (tertiary/aromatic N) is 1. The molecule has 0 aliphatic carbocycles. The first-order valence-corrected chi connectivity index (χ1v) is 10.3. The SMILES string of the molecule is Cc1ccc(NC(=O)Cc2nc(COC(=O)c3oc4ccccc4c3C)cs2)cc1. The van der Waals surface area contributed by atoms with Crippen molar-refractivity contribution in [1.29, 1.82) is 0 Å². The first-order chi connectivity index (χ1) is 14.5. The van der Waals surface area contributed by atoms with Gasteiger partial charge in [0.25, 0.3) is 0 Å². The number of rotatable bonds is 6. The number of thiazole rings is 1. The van der Waals surface area contributed by atoms with Gasteiger partial charge in [-0.15, -0.1) is 11.3 Å². The number of benzene rings is 2. The van der Waals surface area contributed by atoms with Crippen molar-refractivity contribution in [3.05, 3.63) is 81.5 Å². The van der Waals surface area contributed by atoms with Gasteiger partial charge in [-0.1, -0.05) is 35.9 Å². The molecule has 0 bridgehead atoms. The first kappa shape index (κ1) is 19.8. The fourth-order valence-electron chi connectivity index (χ4n) is 3.05. The molecule has 4 aromatic rings. The van der Waals surface area contributed by atoms with Crippen LogP contribution in [-0.2, 0) is 22.6 Å². The molecular weight excluding hydrogens is 400 g/mol. The Kier molecular flexibility index (Phi) is 5.63. The fraction of sp³-hybridized carbons (Fsp3) is 0.174. The van der Waals surface area contributed by atoms with Crippen LogP contribution in [0.1, 0.15) is 32.4 Å². The van der Waals surface area contributed by atoms with Gasteiger partial charge in [-0.05, 0) is 32.0 Å². The molecule has 0 spiro atoms. The number of fused-ring (bicyclic) bond motifs is 1. The lowest BCUT2D eigenvalue weighted by Crippen LogP contribution is -2.14. The number of furan rings is 1. The third-order valence-electron chi connectivity index (χ3n) is 4.63. The van der Waals surface area contributed by atoms with E-state index >= 15 is 0 Å². The third-order valence-corrected chi connectivity index (χ3v) is 5.52. The number of para-hydroxylation sites is 1. The average molecular weight is 420 g/mol. The Labute approximate surface area is 177 Å². The summed E-state index contributed by atoms with van der Waals surface area (Å²) in [6, 6.07) is 15.1. The van der Waals surface area contributed by atoms with Crippen molar-refractivity contribution >= 4 is 39.9 Å². The summed E-state index contributed by atoms with van der Waals surface area (Å²) in [5.74, 6) is -0.478. The van der Waals surface area contributed by atoms with E-state index < -0.39 is 5.97 Å². The summed E-state index contributed by atoms with van der Waals surface area (Å²) in [5.41, 5.74) is 3.88. The van der Waals surface area contributed by atoms with E-state index in [4.69, 9.17) is 9.15 Å². The molecule has 6 nitrogen and oxygen atoms in total. The van der Waals surface area contributed by atoms with Gasteiger partial charge in [0.15, 0.2) is 0 Å². The van der Waals surface area contributed by atoms with Crippen LogP contribution in [0, 0.1) is 13.8 Å². The Hall–Kier alpha value is -3.45. The molecule has 0 radical (unpaired) electrons. The van der Waals surface area contributed by atoms with Gasteiger partial charge in [-0.3, -0.25) is 4.79 Å². The molecule has 0 saturated heterocycles. The topological polar surface area (TPSA) is 81.4 Å². The number of ether oxygens (including phenoxy) is 1. The monoisotopic (exact) mass is 420 g/mol. The number of esters is 1. The van der Waals surface area contributed by atoms with E-state index in [-0.39, 0.29) is 24.7 Å². The number of aryl methyl sites for hydroxylation is 2.